The van der Waals surface area contributed by atoms with Crippen molar-refractivity contribution in [2.24, 2.45) is 0 Å². The van der Waals surface area contributed by atoms with Gasteiger partial charge in [0.2, 0.25) is 0 Å². The van der Waals surface area contributed by atoms with Crippen LogP contribution in [0.3, 0.4) is 0 Å². The Labute approximate surface area is 128 Å². The Balaban J connectivity index is 1.68. The lowest BCUT2D eigenvalue weighted by molar-refractivity contribution is 1.66. The maximum atomic E-state index is 2.22. The summed E-state index contributed by atoms with van der Waals surface area (Å²) >= 11 is 0. The predicted octanol–water partition coefficient (Wildman–Crippen LogP) is 4.49. The zero-order valence-electron chi connectivity index (χ0n) is 11.7. The molecule has 0 N–H and O–H groups in total. The molecule has 3 rings (SSSR count). The van der Waals surface area contributed by atoms with Crippen molar-refractivity contribution >= 4 is 31.3 Å². The molecule has 0 aliphatic heterocycles. The summed E-state index contributed by atoms with van der Waals surface area (Å²) < 4.78 is 0. The van der Waals surface area contributed by atoms with E-state index >= 15 is 0 Å². The average Bonchev–Trinajstić information content (AvgIpc) is 2.56. The van der Waals surface area contributed by atoms with E-state index in [0.29, 0.717) is 0 Å². The molecule has 0 bridgehead atoms. The third kappa shape index (κ3) is 4.15. The van der Waals surface area contributed by atoms with Crippen molar-refractivity contribution in [2.45, 2.75) is 0 Å². The van der Waals surface area contributed by atoms with Gasteiger partial charge < -0.3 is 0 Å². The van der Waals surface area contributed by atoms with Crippen LogP contribution >= 0.6 is 8.58 Å². The Bertz CT molecular complexity index is 698. The number of hydrogen-bond donors (Lipinski definition) is 0. The van der Waals surface area contributed by atoms with E-state index in [2.05, 4.69) is 91.0 Å². The first kappa shape index (κ1) is 13.8. The fraction of sp³-hybridized carbons (Fsp3) is 0. The third-order valence-electron chi connectivity index (χ3n) is 3.24. The summed E-state index contributed by atoms with van der Waals surface area (Å²) in [6.07, 6.45) is 4.30. The Morgan fingerprint density at radius 1 is 0.476 bits per heavy atom. The van der Waals surface area contributed by atoms with Gasteiger partial charge in [-0.2, -0.15) is 0 Å². The monoisotopic (exact) mass is 288 g/mol. The van der Waals surface area contributed by atoms with Gasteiger partial charge in [-0.1, -0.05) is 106 Å². The van der Waals surface area contributed by atoms with E-state index in [1.165, 1.54) is 21.7 Å². The van der Waals surface area contributed by atoms with Crippen LogP contribution in [-0.4, -0.2) is 0 Å². The minimum absolute atomic E-state index is 0.724. The zero-order chi connectivity index (χ0) is 14.3. The van der Waals surface area contributed by atoms with Gasteiger partial charge in [0, 0.05) is 0 Å². The number of rotatable bonds is 4. The highest BCUT2D eigenvalue weighted by atomic mass is 31.1. The Morgan fingerprint density at radius 3 is 1.57 bits per heavy atom. The maximum absolute atomic E-state index is 2.22. The molecule has 0 fully saturated rings. The van der Waals surface area contributed by atoms with Crippen LogP contribution in [0.5, 0.6) is 0 Å². The molecule has 0 heterocycles. The maximum Gasteiger partial charge on any atom is -0.0226 e. The molecule has 0 nitrogen and oxygen atoms in total. The van der Waals surface area contributed by atoms with Gasteiger partial charge in [0.15, 0.2) is 0 Å². The molecule has 0 amide bonds. The molecular weight excluding hydrogens is 271 g/mol. The van der Waals surface area contributed by atoms with Crippen molar-refractivity contribution in [2.75, 3.05) is 0 Å². The highest BCUT2D eigenvalue weighted by Crippen LogP contribution is 2.12. The quantitative estimate of drug-likeness (QED) is 0.490. The van der Waals surface area contributed by atoms with E-state index in [1.807, 2.05) is 6.07 Å². The number of benzene rings is 3. The van der Waals surface area contributed by atoms with Gasteiger partial charge in [-0.05, 0) is 21.7 Å². The second-order valence-corrected chi connectivity index (χ2v) is 6.26. The van der Waals surface area contributed by atoms with Crippen LogP contribution in [0, 0.1) is 0 Å². The van der Waals surface area contributed by atoms with Crippen LogP contribution in [0.25, 0.3) is 12.2 Å². The fourth-order valence-electron chi connectivity index (χ4n) is 2.12. The lowest BCUT2D eigenvalue weighted by atomic mass is 10.1. The van der Waals surface area contributed by atoms with Crippen molar-refractivity contribution in [3.05, 3.63) is 96.1 Å². The summed E-state index contributed by atoms with van der Waals surface area (Å²) in [4.78, 5) is 0. The highest BCUT2D eigenvalue weighted by molar-refractivity contribution is 7.55. The predicted molar refractivity (Wildman–Crippen MR) is 95.8 cm³/mol. The minimum atomic E-state index is 0.724. The second kappa shape index (κ2) is 7.02. The van der Waals surface area contributed by atoms with Crippen molar-refractivity contribution in [3.8, 4) is 0 Å². The molecule has 0 aromatic heterocycles. The van der Waals surface area contributed by atoms with Crippen molar-refractivity contribution < 1.29 is 0 Å². The summed E-state index contributed by atoms with van der Waals surface area (Å²) in [6, 6.07) is 29.8. The molecule has 3 aromatic carbocycles. The lowest BCUT2D eigenvalue weighted by Crippen LogP contribution is -2.02. The van der Waals surface area contributed by atoms with Gasteiger partial charge in [-0.3, -0.25) is 0 Å². The van der Waals surface area contributed by atoms with Crippen LogP contribution in [0.15, 0.2) is 84.9 Å². The third-order valence-corrected chi connectivity index (χ3v) is 4.48. The van der Waals surface area contributed by atoms with Crippen LogP contribution < -0.4 is 10.6 Å². The average molecular weight is 288 g/mol. The fourth-order valence-corrected chi connectivity index (χ4v) is 3.15. The first-order chi connectivity index (χ1) is 10.4. The standard InChI is InChI=1S/C20H17P/c1-3-7-17(8-4-1)11-12-18-13-15-20(16-14-18)21-19-9-5-2-6-10-19/h1-16,21H/b12-11+. The molecule has 1 unspecified atom stereocenters. The SMILES string of the molecule is C(=C\c1ccc(Pc2ccccc2)cc1)/c1ccccc1. The normalized spacial score (nSPS) is 11.4. The van der Waals surface area contributed by atoms with E-state index in [1.54, 1.807) is 0 Å². The second-order valence-electron chi connectivity index (χ2n) is 4.86. The summed E-state index contributed by atoms with van der Waals surface area (Å²) in [6.45, 7) is 0. The Kier molecular flexibility index (Phi) is 4.61. The molecule has 0 saturated heterocycles. The minimum Gasteiger partial charge on any atom is -0.0622 e. The van der Waals surface area contributed by atoms with Crippen molar-refractivity contribution in [1.82, 2.24) is 0 Å². The van der Waals surface area contributed by atoms with E-state index in [9.17, 15) is 0 Å². The van der Waals surface area contributed by atoms with Crippen LogP contribution in [-0.2, 0) is 0 Å². The van der Waals surface area contributed by atoms with E-state index in [4.69, 9.17) is 0 Å². The molecule has 0 aliphatic rings. The molecule has 102 valence electrons. The Morgan fingerprint density at radius 2 is 0.952 bits per heavy atom. The van der Waals surface area contributed by atoms with Gasteiger partial charge >= 0.3 is 0 Å². The van der Waals surface area contributed by atoms with Gasteiger partial charge in [0.1, 0.15) is 0 Å². The van der Waals surface area contributed by atoms with E-state index in [0.717, 1.165) is 8.58 Å². The first-order valence-electron chi connectivity index (χ1n) is 7.05. The smallest absolute Gasteiger partial charge is 0.0226 e. The summed E-state index contributed by atoms with van der Waals surface area (Å²) in [7, 11) is 0.724. The summed E-state index contributed by atoms with van der Waals surface area (Å²) in [5.74, 6) is 0. The number of hydrogen-bond acceptors (Lipinski definition) is 0. The van der Waals surface area contributed by atoms with E-state index < -0.39 is 0 Å². The first-order valence-corrected chi connectivity index (χ1v) is 8.05. The largest absolute Gasteiger partial charge is 0.0622 e. The zero-order valence-corrected chi connectivity index (χ0v) is 12.7. The molecular formula is C20H17P. The van der Waals surface area contributed by atoms with Crippen molar-refractivity contribution in [1.29, 1.82) is 0 Å². The summed E-state index contributed by atoms with van der Waals surface area (Å²) in [5.41, 5.74) is 2.47. The van der Waals surface area contributed by atoms with Crippen molar-refractivity contribution in [3.63, 3.8) is 0 Å². The lowest BCUT2D eigenvalue weighted by Gasteiger charge is -2.02. The van der Waals surface area contributed by atoms with Crippen LogP contribution in [0.2, 0.25) is 0 Å². The van der Waals surface area contributed by atoms with Gasteiger partial charge in [-0.25, -0.2) is 0 Å². The topological polar surface area (TPSA) is 0 Å². The van der Waals surface area contributed by atoms with Gasteiger partial charge in [0.25, 0.3) is 0 Å². The molecule has 0 spiro atoms. The molecule has 21 heavy (non-hydrogen) atoms. The molecule has 1 atom stereocenters. The molecule has 0 saturated carbocycles. The molecule has 0 radical (unpaired) electrons. The van der Waals surface area contributed by atoms with Crippen LogP contribution in [0.4, 0.5) is 0 Å². The van der Waals surface area contributed by atoms with Crippen LogP contribution in [0.1, 0.15) is 11.1 Å². The van der Waals surface area contributed by atoms with E-state index in [-0.39, 0.29) is 0 Å². The highest BCUT2D eigenvalue weighted by Gasteiger charge is 1.95. The molecule has 1 heteroatoms. The molecule has 3 aromatic rings. The van der Waals surface area contributed by atoms with Gasteiger partial charge in [0.05, 0.1) is 0 Å². The van der Waals surface area contributed by atoms with Gasteiger partial charge in [-0.15, -0.1) is 0 Å². The Hall–Kier alpha value is -2.17. The summed E-state index contributed by atoms with van der Waals surface area (Å²) in [5, 5.41) is 2.75. The molecule has 0 aliphatic carbocycles.